The molecule has 0 aromatic carbocycles. The highest BCUT2D eigenvalue weighted by Gasteiger charge is 2.15. The second-order valence-corrected chi connectivity index (χ2v) is 4.28. The van der Waals surface area contributed by atoms with Gasteiger partial charge in [-0.3, -0.25) is 9.48 Å². The lowest BCUT2D eigenvalue weighted by Gasteiger charge is -2.12. The number of hydrogen-bond acceptors (Lipinski definition) is 3. The standard InChI is InChI=1S/C11H19ClN4O/c1-5-8-10(12)9(16(4)15-8)6-14-7(2)11(17)13-3/h7,14H,5-6H2,1-4H3,(H,13,17). The van der Waals surface area contributed by atoms with Crippen LogP contribution in [0.1, 0.15) is 25.2 Å². The number of carbonyl (C=O) groups is 1. The zero-order valence-electron chi connectivity index (χ0n) is 10.7. The Labute approximate surface area is 107 Å². The molecule has 0 saturated carbocycles. The van der Waals surface area contributed by atoms with Crippen LogP contribution in [-0.2, 0) is 24.8 Å². The Bertz CT molecular complexity index is 402. The lowest BCUT2D eigenvalue weighted by Crippen LogP contribution is -2.40. The van der Waals surface area contributed by atoms with E-state index in [9.17, 15) is 4.79 Å². The number of aryl methyl sites for hydroxylation is 2. The fourth-order valence-electron chi connectivity index (χ4n) is 1.57. The van der Waals surface area contributed by atoms with Gasteiger partial charge in [-0.1, -0.05) is 18.5 Å². The Morgan fingerprint density at radius 2 is 2.24 bits per heavy atom. The van der Waals surface area contributed by atoms with Gasteiger partial charge >= 0.3 is 0 Å². The number of hydrogen-bond donors (Lipinski definition) is 2. The van der Waals surface area contributed by atoms with Crippen LogP contribution in [0.2, 0.25) is 5.02 Å². The molecule has 1 amide bonds. The zero-order chi connectivity index (χ0) is 13.0. The van der Waals surface area contributed by atoms with Crippen LogP contribution in [0.5, 0.6) is 0 Å². The minimum Gasteiger partial charge on any atom is -0.358 e. The normalized spacial score (nSPS) is 12.5. The number of aromatic nitrogens is 2. The first-order valence-electron chi connectivity index (χ1n) is 5.66. The van der Waals surface area contributed by atoms with Crippen molar-refractivity contribution in [3.63, 3.8) is 0 Å². The summed E-state index contributed by atoms with van der Waals surface area (Å²) in [5, 5.41) is 10.7. The average molecular weight is 259 g/mol. The molecule has 1 atom stereocenters. The van der Waals surface area contributed by atoms with Gasteiger partial charge in [0.15, 0.2) is 0 Å². The van der Waals surface area contributed by atoms with E-state index < -0.39 is 0 Å². The van der Waals surface area contributed by atoms with Gasteiger partial charge in [-0.25, -0.2) is 0 Å². The zero-order valence-corrected chi connectivity index (χ0v) is 11.4. The van der Waals surface area contributed by atoms with E-state index in [1.165, 1.54) is 0 Å². The predicted octanol–water partition coefficient (Wildman–Crippen LogP) is 0.860. The van der Waals surface area contributed by atoms with Crippen molar-refractivity contribution in [3.05, 3.63) is 16.4 Å². The van der Waals surface area contributed by atoms with Gasteiger partial charge in [-0.05, 0) is 13.3 Å². The first kappa shape index (κ1) is 14.0. The van der Waals surface area contributed by atoms with Crippen molar-refractivity contribution in [2.24, 2.45) is 7.05 Å². The Balaban J connectivity index is 2.69. The molecule has 1 aromatic heterocycles. The highest BCUT2D eigenvalue weighted by Crippen LogP contribution is 2.20. The predicted molar refractivity (Wildman–Crippen MR) is 68.0 cm³/mol. The third kappa shape index (κ3) is 3.20. The molecule has 0 fully saturated rings. The molecule has 0 aliphatic carbocycles. The van der Waals surface area contributed by atoms with Crippen LogP contribution < -0.4 is 10.6 Å². The molecule has 0 radical (unpaired) electrons. The molecule has 0 spiro atoms. The van der Waals surface area contributed by atoms with E-state index in [-0.39, 0.29) is 11.9 Å². The second-order valence-electron chi connectivity index (χ2n) is 3.90. The molecule has 1 unspecified atom stereocenters. The maximum absolute atomic E-state index is 11.3. The van der Waals surface area contributed by atoms with Gasteiger partial charge in [0.05, 0.1) is 22.5 Å². The number of likely N-dealkylation sites (N-methyl/N-ethyl adjacent to an activating group) is 1. The molecule has 5 nitrogen and oxygen atoms in total. The Morgan fingerprint density at radius 1 is 1.59 bits per heavy atom. The molecule has 2 N–H and O–H groups in total. The summed E-state index contributed by atoms with van der Waals surface area (Å²) in [5.41, 5.74) is 1.79. The number of rotatable bonds is 5. The summed E-state index contributed by atoms with van der Waals surface area (Å²) in [5.74, 6) is -0.0426. The van der Waals surface area contributed by atoms with E-state index in [1.54, 1.807) is 11.7 Å². The van der Waals surface area contributed by atoms with Crippen molar-refractivity contribution < 1.29 is 4.79 Å². The lowest BCUT2D eigenvalue weighted by molar-refractivity contribution is -0.122. The number of carbonyl (C=O) groups excluding carboxylic acids is 1. The molecule has 1 aromatic rings. The third-order valence-corrected chi connectivity index (χ3v) is 3.15. The highest BCUT2D eigenvalue weighted by molar-refractivity contribution is 6.31. The fraction of sp³-hybridized carbons (Fsp3) is 0.636. The number of nitrogens with one attached hydrogen (secondary N) is 2. The minimum absolute atomic E-state index is 0.0426. The van der Waals surface area contributed by atoms with E-state index in [0.717, 1.165) is 17.8 Å². The Morgan fingerprint density at radius 3 is 2.71 bits per heavy atom. The summed E-state index contributed by atoms with van der Waals surface area (Å²) < 4.78 is 1.75. The van der Waals surface area contributed by atoms with E-state index in [1.807, 2.05) is 20.9 Å². The van der Waals surface area contributed by atoms with Gasteiger partial charge in [0, 0.05) is 20.6 Å². The number of amides is 1. The molecule has 17 heavy (non-hydrogen) atoms. The Kier molecular flexibility index (Phi) is 4.96. The topological polar surface area (TPSA) is 59.0 Å². The van der Waals surface area contributed by atoms with Crippen LogP contribution in [0.25, 0.3) is 0 Å². The van der Waals surface area contributed by atoms with Crippen LogP contribution in [0.4, 0.5) is 0 Å². The summed E-state index contributed by atoms with van der Waals surface area (Å²) >= 11 is 6.20. The van der Waals surface area contributed by atoms with Crippen molar-refractivity contribution in [3.8, 4) is 0 Å². The number of halogens is 1. The fourth-order valence-corrected chi connectivity index (χ4v) is 1.93. The summed E-state index contributed by atoms with van der Waals surface area (Å²) in [4.78, 5) is 11.3. The van der Waals surface area contributed by atoms with Crippen LogP contribution in [0.15, 0.2) is 0 Å². The van der Waals surface area contributed by atoms with Crippen molar-refractivity contribution in [2.45, 2.75) is 32.9 Å². The molecule has 0 bridgehead atoms. The van der Waals surface area contributed by atoms with Crippen LogP contribution in [0.3, 0.4) is 0 Å². The summed E-state index contributed by atoms with van der Waals surface area (Å²) in [6.45, 7) is 4.35. The minimum atomic E-state index is -0.254. The van der Waals surface area contributed by atoms with Gasteiger partial charge in [0.2, 0.25) is 5.91 Å². The summed E-state index contributed by atoms with van der Waals surface area (Å²) in [7, 11) is 3.47. The smallest absolute Gasteiger partial charge is 0.236 e. The summed E-state index contributed by atoms with van der Waals surface area (Å²) in [6, 6.07) is -0.254. The van der Waals surface area contributed by atoms with Crippen LogP contribution in [-0.4, -0.2) is 28.8 Å². The second kappa shape index (κ2) is 6.02. The lowest BCUT2D eigenvalue weighted by atomic mass is 10.2. The van der Waals surface area contributed by atoms with Gasteiger partial charge in [-0.15, -0.1) is 0 Å². The molecular weight excluding hydrogens is 240 g/mol. The van der Waals surface area contributed by atoms with Gasteiger partial charge in [0.25, 0.3) is 0 Å². The largest absolute Gasteiger partial charge is 0.358 e. The number of nitrogens with zero attached hydrogens (tertiary/aromatic N) is 2. The molecule has 1 heterocycles. The average Bonchev–Trinajstić information content (AvgIpc) is 2.60. The third-order valence-electron chi connectivity index (χ3n) is 2.72. The molecule has 0 saturated heterocycles. The van der Waals surface area contributed by atoms with Gasteiger partial charge in [0.1, 0.15) is 0 Å². The molecule has 1 rings (SSSR count). The molecule has 0 aliphatic rings. The molecule has 0 aliphatic heterocycles. The monoisotopic (exact) mass is 258 g/mol. The Hall–Kier alpha value is -1.07. The van der Waals surface area contributed by atoms with E-state index in [4.69, 9.17) is 11.6 Å². The van der Waals surface area contributed by atoms with Gasteiger partial charge in [-0.2, -0.15) is 5.10 Å². The maximum Gasteiger partial charge on any atom is 0.236 e. The molecule has 96 valence electrons. The first-order valence-corrected chi connectivity index (χ1v) is 6.04. The molecular formula is C11H19ClN4O. The van der Waals surface area contributed by atoms with E-state index in [2.05, 4.69) is 15.7 Å². The van der Waals surface area contributed by atoms with Crippen molar-refractivity contribution in [1.29, 1.82) is 0 Å². The quantitative estimate of drug-likeness (QED) is 0.824. The molecule has 6 heteroatoms. The van der Waals surface area contributed by atoms with Crippen molar-refractivity contribution >= 4 is 17.5 Å². The SMILES string of the molecule is CCc1nn(C)c(CNC(C)C(=O)NC)c1Cl. The van der Waals surface area contributed by atoms with Gasteiger partial charge < -0.3 is 10.6 Å². The summed E-state index contributed by atoms with van der Waals surface area (Å²) in [6.07, 6.45) is 0.803. The highest BCUT2D eigenvalue weighted by atomic mass is 35.5. The van der Waals surface area contributed by atoms with E-state index in [0.29, 0.717) is 11.6 Å². The van der Waals surface area contributed by atoms with Crippen LogP contribution >= 0.6 is 11.6 Å². The van der Waals surface area contributed by atoms with Crippen molar-refractivity contribution in [1.82, 2.24) is 20.4 Å². The van der Waals surface area contributed by atoms with Crippen molar-refractivity contribution in [2.75, 3.05) is 7.05 Å². The van der Waals surface area contributed by atoms with Crippen LogP contribution in [0, 0.1) is 0 Å². The maximum atomic E-state index is 11.3. The first-order chi connectivity index (χ1) is 8.01. The van der Waals surface area contributed by atoms with E-state index >= 15 is 0 Å².